The molecule has 0 saturated carbocycles. The fraction of sp³-hybridized carbons (Fsp3) is 0.600. The Morgan fingerprint density at radius 2 is 1.56 bits per heavy atom. The summed E-state index contributed by atoms with van der Waals surface area (Å²) in [6.07, 6.45) is 6.62. The molecule has 1 aromatic carbocycles. The van der Waals surface area contributed by atoms with Crippen LogP contribution in [-0.4, -0.2) is 47.8 Å². The highest BCUT2D eigenvalue weighted by molar-refractivity contribution is 6.31. The predicted molar refractivity (Wildman–Crippen MR) is 99.5 cm³/mol. The Labute approximate surface area is 155 Å². The fourth-order valence-corrected chi connectivity index (χ4v) is 4.04. The molecular weight excluding hydrogens is 336 g/mol. The Morgan fingerprint density at radius 1 is 0.920 bits per heavy atom. The first kappa shape index (κ1) is 18.2. The van der Waals surface area contributed by atoms with Crippen LogP contribution in [0.1, 0.15) is 44.1 Å². The summed E-state index contributed by atoms with van der Waals surface area (Å²) in [4.78, 5) is 29.2. The second-order valence-corrected chi connectivity index (χ2v) is 7.57. The lowest BCUT2D eigenvalue weighted by atomic mass is 9.94. The third kappa shape index (κ3) is 4.75. The van der Waals surface area contributed by atoms with Crippen LogP contribution in [0.25, 0.3) is 0 Å². The number of carbonyl (C=O) groups excluding carboxylic acids is 2. The molecule has 2 aliphatic rings. The molecular formula is C20H27ClN2O2. The van der Waals surface area contributed by atoms with Gasteiger partial charge < -0.3 is 9.80 Å². The Hall–Kier alpha value is -1.55. The zero-order valence-corrected chi connectivity index (χ0v) is 15.5. The van der Waals surface area contributed by atoms with Gasteiger partial charge in [0.2, 0.25) is 11.8 Å². The van der Waals surface area contributed by atoms with Crippen molar-refractivity contribution in [1.29, 1.82) is 0 Å². The van der Waals surface area contributed by atoms with Crippen molar-refractivity contribution in [3.8, 4) is 0 Å². The first-order valence-corrected chi connectivity index (χ1v) is 9.83. The molecule has 3 rings (SSSR count). The summed E-state index contributed by atoms with van der Waals surface area (Å²) >= 11 is 6.15. The molecule has 2 saturated heterocycles. The molecule has 4 nitrogen and oxygen atoms in total. The number of likely N-dealkylation sites (tertiary alicyclic amines) is 2. The SMILES string of the molecule is O=C(Cc1ccccc1Cl)N1CCC(C(=O)N2CCCCCC2)CC1. The maximum atomic E-state index is 12.7. The molecule has 0 radical (unpaired) electrons. The Balaban J connectivity index is 1.50. The van der Waals surface area contributed by atoms with Gasteiger partial charge in [0.05, 0.1) is 6.42 Å². The largest absolute Gasteiger partial charge is 0.342 e. The Bertz CT molecular complexity index is 603. The van der Waals surface area contributed by atoms with E-state index in [9.17, 15) is 9.59 Å². The zero-order chi connectivity index (χ0) is 17.6. The van der Waals surface area contributed by atoms with Gasteiger partial charge in [0.25, 0.3) is 0 Å². The normalized spacial score (nSPS) is 19.6. The molecule has 0 aliphatic carbocycles. The van der Waals surface area contributed by atoms with Crippen LogP contribution in [0.3, 0.4) is 0 Å². The molecule has 5 heteroatoms. The highest BCUT2D eigenvalue weighted by atomic mass is 35.5. The molecule has 2 fully saturated rings. The van der Waals surface area contributed by atoms with Crippen molar-refractivity contribution in [3.05, 3.63) is 34.9 Å². The van der Waals surface area contributed by atoms with E-state index in [4.69, 9.17) is 11.6 Å². The summed E-state index contributed by atoms with van der Waals surface area (Å²) < 4.78 is 0. The molecule has 0 spiro atoms. The Morgan fingerprint density at radius 3 is 2.20 bits per heavy atom. The van der Waals surface area contributed by atoms with E-state index in [0.29, 0.717) is 30.4 Å². The summed E-state index contributed by atoms with van der Waals surface area (Å²) in [7, 11) is 0. The molecule has 2 heterocycles. The van der Waals surface area contributed by atoms with Crippen molar-refractivity contribution in [1.82, 2.24) is 9.80 Å². The van der Waals surface area contributed by atoms with Gasteiger partial charge in [0.15, 0.2) is 0 Å². The van der Waals surface area contributed by atoms with Crippen LogP contribution in [0.5, 0.6) is 0 Å². The van der Waals surface area contributed by atoms with E-state index in [-0.39, 0.29) is 11.8 Å². The topological polar surface area (TPSA) is 40.6 Å². The van der Waals surface area contributed by atoms with Gasteiger partial charge >= 0.3 is 0 Å². The Kier molecular flexibility index (Phi) is 6.35. The third-order valence-corrected chi connectivity index (χ3v) is 5.78. The minimum Gasteiger partial charge on any atom is -0.342 e. The fourth-order valence-electron chi connectivity index (χ4n) is 3.84. The second-order valence-electron chi connectivity index (χ2n) is 7.16. The van der Waals surface area contributed by atoms with Gasteiger partial charge in [-0.05, 0) is 37.3 Å². The van der Waals surface area contributed by atoms with E-state index in [0.717, 1.165) is 44.3 Å². The third-order valence-electron chi connectivity index (χ3n) is 5.41. The molecule has 0 unspecified atom stereocenters. The number of hydrogen-bond donors (Lipinski definition) is 0. The lowest BCUT2D eigenvalue weighted by Gasteiger charge is -2.34. The van der Waals surface area contributed by atoms with Crippen molar-refractivity contribution >= 4 is 23.4 Å². The van der Waals surface area contributed by atoms with Crippen LogP contribution in [-0.2, 0) is 16.0 Å². The van der Waals surface area contributed by atoms with Crippen LogP contribution >= 0.6 is 11.6 Å². The zero-order valence-electron chi connectivity index (χ0n) is 14.8. The second kappa shape index (κ2) is 8.70. The van der Waals surface area contributed by atoms with Crippen LogP contribution < -0.4 is 0 Å². The van der Waals surface area contributed by atoms with Crippen molar-refractivity contribution in [3.63, 3.8) is 0 Å². The molecule has 136 valence electrons. The lowest BCUT2D eigenvalue weighted by Crippen LogP contribution is -2.45. The van der Waals surface area contributed by atoms with E-state index in [2.05, 4.69) is 4.90 Å². The average Bonchev–Trinajstić information content (AvgIpc) is 2.92. The maximum absolute atomic E-state index is 12.7. The summed E-state index contributed by atoms with van der Waals surface area (Å²) in [5.41, 5.74) is 0.872. The van der Waals surface area contributed by atoms with Crippen molar-refractivity contribution in [2.45, 2.75) is 44.9 Å². The van der Waals surface area contributed by atoms with Gasteiger partial charge in [0.1, 0.15) is 0 Å². The van der Waals surface area contributed by atoms with Gasteiger partial charge in [-0.15, -0.1) is 0 Å². The molecule has 0 bridgehead atoms. The molecule has 2 amide bonds. The van der Waals surface area contributed by atoms with Crippen molar-refractivity contribution in [2.75, 3.05) is 26.2 Å². The minimum atomic E-state index is 0.0856. The van der Waals surface area contributed by atoms with Gasteiger partial charge in [0, 0.05) is 37.1 Å². The number of carbonyl (C=O) groups is 2. The van der Waals surface area contributed by atoms with E-state index in [1.807, 2.05) is 29.2 Å². The van der Waals surface area contributed by atoms with Crippen LogP contribution in [0, 0.1) is 5.92 Å². The van der Waals surface area contributed by atoms with E-state index < -0.39 is 0 Å². The van der Waals surface area contributed by atoms with Gasteiger partial charge in [-0.3, -0.25) is 9.59 Å². The predicted octanol–water partition coefficient (Wildman–Crippen LogP) is 3.52. The summed E-state index contributed by atoms with van der Waals surface area (Å²) in [6.45, 7) is 3.16. The van der Waals surface area contributed by atoms with Crippen LogP contribution in [0.4, 0.5) is 0 Å². The quantitative estimate of drug-likeness (QED) is 0.825. The van der Waals surface area contributed by atoms with E-state index in [1.165, 1.54) is 12.8 Å². The van der Waals surface area contributed by atoms with Crippen molar-refractivity contribution in [2.24, 2.45) is 5.92 Å². The van der Waals surface area contributed by atoms with Crippen LogP contribution in [0.15, 0.2) is 24.3 Å². The smallest absolute Gasteiger partial charge is 0.227 e. The minimum absolute atomic E-state index is 0.0856. The van der Waals surface area contributed by atoms with Crippen LogP contribution in [0.2, 0.25) is 5.02 Å². The van der Waals surface area contributed by atoms with E-state index in [1.54, 1.807) is 0 Å². The number of piperidine rings is 1. The number of benzene rings is 1. The molecule has 1 aromatic rings. The van der Waals surface area contributed by atoms with E-state index >= 15 is 0 Å². The number of hydrogen-bond acceptors (Lipinski definition) is 2. The summed E-state index contributed by atoms with van der Waals surface area (Å²) in [5, 5.41) is 0.641. The molecule has 0 N–H and O–H groups in total. The summed E-state index contributed by atoms with van der Waals surface area (Å²) in [5.74, 6) is 0.497. The number of nitrogens with zero attached hydrogens (tertiary/aromatic N) is 2. The number of rotatable bonds is 3. The van der Waals surface area contributed by atoms with Gasteiger partial charge in [-0.25, -0.2) is 0 Å². The molecule has 0 atom stereocenters. The van der Waals surface area contributed by atoms with Crippen molar-refractivity contribution < 1.29 is 9.59 Å². The van der Waals surface area contributed by atoms with Gasteiger partial charge in [-0.2, -0.15) is 0 Å². The molecule has 0 aromatic heterocycles. The average molecular weight is 363 g/mol. The number of halogens is 1. The maximum Gasteiger partial charge on any atom is 0.227 e. The highest BCUT2D eigenvalue weighted by Gasteiger charge is 2.30. The summed E-state index contributed by atoms with van der Waals surface area (Å²) in [6, 6.07) is 7.49. The first-order chi connectivity index (χ1) is 12.1. The number of amides is 2. The highest BCUT2D eigenvalue weighted by Crippen LogP contribution is 2.23. The molecule has 25 heavy (non-hydrogen) atoms. The monoisotopic (exact) mass is 362 g/mol. The lowest BCUT2D eigenvalue weighted by molar-refractivity contribution is -0.140. The molecule has 2 aliphatic heterocycles. The first-order valence-electron chi connectivity index (χ1n) is 9.45. The van der Waals surface area contributed by atoms with Gasteiger partial charge in [-0.1, -0.05) is 42.6 Å². The standard InChI is InChI=1S/C20H27ClN2O2/c21-18-8-4-3-7-17(18)15-19(24)22-13-9-16(10-14-22)20(25)23-11-5-1-2-6-12-23/h3-4,7-8,16H,1-2,5-6,9-15H2.